The van der Waals surface area contributed by atoms with Gasteiger partial charge in [-0.3, -0.25) is 4.79 Å². The number of para-hydroxylation sites is 1. The molecular formula is C15H17NO4. The van der Waals surface area contributed by atoms with Gasteiger partial charge in [-0.15, -0.1) is 0 Å². The number of rotatable bonds is 4. The Bertz CT molecular complexity index is 675. The number of aliphatic hydroxyl groups is 1. The molecule has 1 aromatic heterocycles. The summed E-state index contributed by atoms with van der Waals surface area (Å²) in [7, 11) is 0. The molecule has 0 fully saturated rings. The molecule has 0 aliphatic rings. The molecule has 0 spiro atoms. The molecular weight excluding hydrogens is 258 g/mol. The van der Waals surface area contributed by atoms with E-state index in [0.717, 1.165) is 0 Å². The van der Waals surface area contributed by atoms with Crippen molar-refractivity contribution in [2.45, 2.75) is 19.9 Å². The Labute approximate surface area is 116 Å². The molecule has 1 amide bonds. The lowest BCUT2D eigenvalue weighted by Crippen LogP contribution is -2.42. The highest BCUT2D eigenvalue weighted by Crippen LogP contribution is 2.13. The summed E-state index contributed by atoms with van der Waals surface area (Å²) >= 11 is 0. The molecule has 0 bridgehead atoms. The van der Waals surface area contributed by atoms with E-state index in [0.29, 0.717) is 11.0 Å². The van der Waals surface area contributed by atoms with E-state index in [1.54, 1.807) is 24.3 Å². The molecule has 106 valence electrons. The molecule has 1 atom stereocenters. The second-order valence-corrected chi connectivity index (χ2v) is 4.99. The summed E-state index contributed by atoms with van der Waals surface area (Å²) in [5.74, 6) is -0.464. The van der Waals surface area contributed by atoms with Crippen molar-refractivity contribution >= 4 is 16.9 Å². The van der Waals surface area contributed by atoms with Crippen LogP contribution in [-0.4, -0.2) is 23.7 Å². The lowest BCUT2D eigenvalue weighted by atomic mass is 10.0. The third-order valence-electron chi connectivity index (χ3n) is 3.20. The van der Waals surface area contributed by atoms with Crippen LogP contribution in [-0.2, 0) is 0 Å². The van der Waals surface area contributed by atoms with Gasteiger partial charge < -0.3 is 14.8 Å². The minimum atomic E-state index is -0.679. The first-order valence-electron chi connectivity index (χ1n) is 6.47. The van der Waals surface area contributed by atoms with E-state index < -0.39 is 17.6 Å². The molecule has 0 aliphatic carbocycles. The Kier molecular flexibility index (Phi) is 4.20. The minimum absolute atomic E-state index is 0.0530. The van der Waals surface area contributed by atoms with E-state index in [1.807, 2.05) is 13.8 Å². The molecule has 2 N–H and O–H groups in total. The van der Waals surface area contributed by atoms with E-state index >= 15 is 0 Å². The first-order chi connectivity index (χ1) is 9.52. The number of amides is 1. The average molecular weight is 275 g/mol. The molecule has 0 aliphatic heterocycles. The van der Waals surface area contributed by atoms with Gasteiger partial charge >= 0.3 is 5.63 Å². The zero-order valence-electron chi connectivity index (χ0n) is 11.4. The summed E-state index contributed by atoms with van der Waals surface area (Å²) in [5, 5.41) is 12.5. The van der Waals surface area contributed by atoms with Crippen LogP contribution in [0, 0.1) is 5.92 Å². The van der Waals surface area contributed by atoms with Gasteiger partial charge in [-0.1, -0.05) is 32.0 Å². The van der Waals surface area contributed by atoms with Gasteiger partial charge in [0, 0.05) is 5.39 Å². The van der Waals surface area contributed by atoms with Gasteiger partial charge in [-0.2, -0.15) is 0 Å². The van der Waals surface area contributed by atoms with E-state index in [-0.39, 0.29) is 18.1 Å². The van der Waals surface area contributed by atoms with Crippen LogP contribution in [0.4, 0.5) is 0 Å². The van der Waals surface area contributed by atoms with E-state index in [4.69, 9.17) is 4.42 Å². The summed E-state index contributed by atoms with van der Waals surface area (Å²) in [6.07, 6.45) is 0. The normalized spacial score (nSPS) is 12.6. The van der Waals surface area contributed by atoms with Crippen LogP contribution in [0.2, 0.25) is 0 Å². The van der Waals surface area contributed by atoms with Crippen LogP contribution in [0.1, 0.15) is 24.2 Å². The molecule has 0 saturated heterocycles. The highest BCUT2D eigenvalue weighted by molar-refractivity contribution is 5.96. The number of aliphatic hydroxyl groups excluding tert-OH is 1. The first kappa shape index (κ1) is 14.3. The zero-order valence-corrected chi connectivity index (χ0v) is 11.4. The van der Waals surface area contributed by atoms with Crippen LogP contribution in [0.3, 0.4) is 0 Å². The molecule has 1 heterocycles. The largest absolute Gasteiger partial charge is 0.422 e. The van der Waals surface area contributed by atoms with Crippen molar-refractivity contribution in [1.29, 1.82) is 0 Å². The fourth-order valence-electron chi connectivity index (χ4n) is 1.89. The van der Waals surface area contributed by atoms with Gasteiger partial charge in [-0.25, -0.2) is 4.79 Å². The standard InChI is InChI=1S/C15H17NO4/c1-9(2)12(8-17)16-14(18)11-7-10-5-3-4-6-13(10)20-15(11)19/h3-7,9,12,17H,8H2,1-2H3,(H,16,18). The number of carbonyl (C=O) groups excluding carboxylic acids is 1. The highest BCUT2D eigenvalue weighted by Gasteiger charge is 2.19. The monoisotopic (exact) mass is 275 g/mol. The van der Waals surface area contributed by atoms with Crippen molar-refractivity contribution in [3.8, 4) is 0 Å². The van der Waals surface area contributed by atoms with Crippen LogP contribution < -0.4 is 10.9 Å². The van der Waals surface area contributed by atoms with Crippen LogP contribution >= 0.6 is 0 Å². The smallest absolute Gasteiger partial charge is 0.349 e. The van der Waals surface area contributed by atoms with Gasteiger partial charge in [0.1, 0.15) is 11.1 Å². The maximum Gasteiger partial charge on any atom is 0.349 e. The Balaban J connectivity index is 2.35. The van der Waals surface area contributed by atoms with Crippen molar-refractivity contribution in [1.82, 2.24) is 5.32 Å². The predicted octanol–water partition coefficient (Wildman–Crippen LogP) is 1.54. The van der Waals surface area contributed by atoms with Crippen molar-refractivity contribution in [3.05, 3.63) is 46.3 Å². The maximum absolute atomic E-state index is 12.1. The highest BCUT2D eigenvalue weighted by atomic mass is 16.4. The summed E-state index contributed by atoms with van der Waals surface area (Å²) in [6.45, 7) is 3.58. The lowest BCUT2D eigenvalue weighted by molar-refractivity contribution is 0.0893. The SMILES string of the molecule is CC(C)C(CO)NC(=O)c1cc2ccccc2oc1=O. The third-order valence-corrected chi connectivity index (χ3v) is 3.20. The van der Waals surface area contributed by atoms with Crippen molar-refractivity contribution in [3.63, 3.8) is 0 Å². The molecule has 5 heteroatoms. The van der Waals surface area contributed by atoms with Gasteiger partial charge in [0.15, 0.2) is 0 Å². The van der Waals surface area contributed by atoms with Crippen molar-refractivity contribution in [2.75, 3.05) is 6.61 Å². The molecule has 0 radical (unpaired) electrons. The number of fused-ring (bicyclic) bond motifs is 1. The van der Waals surface area contributed by atoms with Gasteiger partial charge in [0.25, 0.3) is 5.91 Å². The van der Waals surface area contributed by atoms with Crippen molar-refractivity contribution < 1.29 is 14.3 Å². The number of hydrogen-bond acceptors (Lipinski definition) is 4. The van der Waals surface area contributed by atoms with Crippen LogP contribution in [0.5, 0.6) is 0 Å². The second-order valence-electron chi connectivity index (χ2n) is 4.99. The Hall–Kier alpha value is -2.14. The van der Waals surface area contributed by atoms with Gasteiger partial charge in [0.05, 0.1) is 12.6 Å². The van der Waals surface area contributed by atoms with Crippen LogP contribution in [0.15, 0.2) is 39.5 Å². The predicted molar refractivity (Wildman–Crippen MR) is 75.7 cm³/mol. The van der Waals surface area contributed by atoms with Crippen LogP contribution in [0.25, 0.3) is 11.0 Å². The number of hydrogen-bond donors (Lipinski definition) is 2. The molecule has 1 aromatic carbocycles. The van der Waals surface area contributed by atoms with E-state index in [1.165, 1.54) is 6.07 Å². The lowest BCUT2D eigenvalue weighted by Gasteiger charge is -2.19. The molecule has 5 nitrogen and oxygen atoms in total. The Morgan fingerprint density at radius 1 is 1.35 bits per heavy atom. The summed E-state index contributed by atoms with van der Waals surface area (Å²) < 4.78 is 5.11. The zero-order chi connectivity index (χ0) is 14.7. The second kappa shape index (κ2) is 5.88. The molecule has 2 rings (SSSR count). The quantitative estimate of drug-likeness (QED) is 0.829. The van der Waals surface area contributed by atoms with E-state index in [9.17, 15) is 14.7 Å². The van der Waals surface area contributed by atoms with Gasteiger partial charge in [-0.05, 0) is 18.1 Å². The first-order valence-corrected chi connectivity index (χ1v) is 6.47. The summed E-state index contributed by atoms with van der Waals surface area (Å²) in [4.78, 5) is 23.9. The number of nitrogens with one attached hydrogen (secondary N) is 1. The topological polar surface area (TPSA) is 79.5 Å². The molecule has 0 saturated carbocycles. The third kappa shape index (κ3) is 2.88. The maximum atomic E-state index is 12.1. The average Bonchev–Trinajstić information content (AvgIpc) is 2.43. The van der Waals surface area contributed by atoms with Crippen molar-refractivity contribution in [2.24, 2.45) is 5.92 Å². The minimum Gasteiger partial charge on any atom is -0.422 e. The number of carbonyl (C=O) groups is 1. The summed E-state index contributed by atoms with van der Waals surface area (Å²) in [6, 6.07) is 8.10. The summed E-state index contributed by atoms with van der Waals surface area (Å²) in [5.41, 5.74) is -0.291. The molecule has 1 unspecified atom stereocenters. The fourth-order valence-corrected chi connectivity index (χ4v) is 1.89. The van der Waals surface area contributed by atoms with E-state index in [2.05, 4.69) is 5.32 Å². The molecule has 2 aromatic rings. The number of benzene rings is 1. The molecule has 20 heavy (non-hydrogen) atoms. The van der Waals surface area contributed by atoms with Gasteiger partial charge in [0.2, 0.25) is 0 Å². The Morgan fingerprint density at radius 3 is 2.70 bits per heavy atom. The fraction of sp³-hybridized carbons (Fsp3) is 0.333. The Morgan fingerprint density at radius 2 is 2.05 bits per heavy atom.